The normalized spacial score (nSPS) is 34.6. The van der Waals surface area contributed by atoms with Crippen LogP contribution in [0.25, 0.3) is 0 Å². The molecule has 0 aromatic rings. The number of rotatable bonds is 4. The van der Waals surface area contributed by atoms with Crippen molar-refractivity contribution in [3.05, 3.63) is 0 Å². The van der Waals surface area contributed by atoms with Crippen LogP contribution in [0, 0.1) is 0 Å². The van der Waals surface area contributed by atoms with Gasteiger partial charge in [-0.2, -0.15) is 0 Å². The molecule has 2 atom stereocenters. The Labute approximate surface area is 93.8 Å². The molecule has 3 heteroatoms. The molecule has 2 fully saturated rings. The minimum absolute atomic E-state index is 0.748. The first-order valence-electron chi connectivity index (χ1n) is 6.33. The van der Waals surface area contributed by atoms with Gasteiger partial charge in [0.2, 0.25) is 0 Å². The van der Waals surface area contributed by atoms with Crippen molar-refractivity contribution in [2.24, 2.45) is 0 Å². The summed E-state index contributed by atoms with van der Waals surface area (Å²) in [5.74, 6) is 0. The van der Waals surface area contributed by atoms with E-state index < -0.39 is 0 Å². The van der Waals surface area contributed by atoms with Crippen molar-refractivity contribution in [1.29, 1.82) is 0 Å². The van der Waals surface area contributed by atoms with E-state index in [4.69, 9.17) is 0 Å². The zero-order valence-corrected chi connectivity index (χ0v) is 10.4. The molecule has 1 aliphatic heterocycles. The molecule has 2 rings (SSSR count). The highest BCUT2D eigenvalue weighted by Crippen LogP contribution is 2.33. The fourth-order valence-electron chi connectivity index (χ4n) is 3.02. The monoisotopic (exact) mass is 211 g/mol. The van der Waals surface area contributed by atoms with Crippen molar-refractivity contribution in [2.45, 2.75) is 44.3 Å². The van der Waals surface area contributed by atoms with Crippen LogP contribution in [0.1, 0.15) is 26.2 Å². The molecular formula is C12H25N3. The van der Waals surface area contributed by atoms with Gasteiger partial charge in [0.15, 0.2) is 0 Å². The Morgan fingerprint density at radius 3 is 2.60 bits per heavy atom. The lowest BCUT2D eigenvalue weighted by Gasteiger charge is -2.45. The Kier molecular flexibility index (Phi) is 3.65. The standard InChI is InChI=1S/C12H25N3/c1-10-8-14(3)9-12(6-7-13-2)15(10)11-4-5-11/h10-13H,4-9H2,1-3H3. The molecule has 88 valence electrons. The van der Waals surface area contributed by atoms with Crippen LogP contribution in [0.3, 0.4) is 0 Å². The molecule has 15 heavy (non-hydrogen) atoms. The van der Waals surface area contributed by atoms with E-state index in [2.05, 4.69) is 36.1 Å². The summed E-state index contributed by atoms with van der Waals surface area (Å²) in [6.07, 6.45) is 4.16. The summed E-state index contributed by atoms with van der Waals surface area (Å²) in [6, 6.07) is 2.44. The van der Waals surface area contributed by atoms with Crippen molar-refractivity contribution in [3.63, 3.8) is 0 Å². The van der Waals surface area contributed by atoms with Crippen molar-refractivity contribution in [2.75, 3.05) is 33.7 Å². The summed E-state index contributed by atoms with van der Waals surface area (Å²) in [5, 5.41) is 3.28. The fraction of sp³-hybridized carbons (Fsp3) is 1.00. The van der Waals surface area contributed by atoms with E-state index >= 15 is 0 Å². The molecule has 0 aromatic heterocycles. The molecule has 0 amide bonds. The molecule has 0 radical (unpaired) electrons. The second-order valence-electron chi connectivity index (χ2n) is 5.29. The average molecular weight is 211 g/mol. The molecule has 1 saturated carbocycles. The van der Waals surface area contributed by atoms with Gasteiger partial charge in [0.25, 0.3) is 0 Å². The third-order valence-electron chi connectivity index (χ3n) is 3.72. The van der Waals surface area contributed by atoms with Crippen molar-refractivity contribution in [3.8, 4) is 0 Å². The van der Waals surface area contributed by atoms with E-state index in [0.29, 0.717) is 0 Å². The number of hydrogen-bond donors (Lipinski definition) is 1. The summed E-state index contributed by atoms with van der Waals surface area (Å²) >= 11 is 0. The van der Waals surface area contributed by atoms with Crippen molar-refractivity contribution in [1.82, 2.24) is 15.1 Å². The topological polar surface area (TPSA) is 18.5 Å². The zero-order chi connectivity index (χ0) is 10.8. The maximum absolute atomic E-state index is 3.28. The van der Waals surface area contributed by atoms with E-state index in [-0.39, 0.29) is 0 Å². The zero-order valence-electron chi connectivity index (χ0n) is 10.4. The lowest BCUT2D eigenvalue weighted by molar-refractivity contribution is 0.0330. The maximum atomic E-state index is 3.28. The van der Waals surface area contributed by atoms with Crippen molar-refractivity contribution < 1.29 is 0 Å². The summed E-state index contributed by atoms with van der Waals surface area (Å²) in [6.45, 7) is 6.03. The quantitative estimate of drug-likeness (QED) is 0.741. The van der Waals surface area contributed by atoms with Gasteiger partial charge in [-0.15, -0.1) is 0 Å². The molecule has 1 heterocycles. The molecule has 1 saturated heterocycles. The molecule has 1 aliphatic carbocycles. The van der Waals surface area contributed by atoms with E-state index in [1.165, 1.54) is 32.4 Å². The molecule has 1 N–H and O–H groups in total. The van der Waals surface area contributed by atoms with Crippen LogP contribution in [0.15, 0.2) is 0 Å². The van der Waals surface area contributed by atoms with E-state index in [0.717, 1.165) is 24.7 Å². The number of nitrogens with one attached hydrogen (secondary N) is 1. The lowest BCUT2D eigenvalue weighted by Crippen LogP contribution is -2.57. The average Bonchev–Trinajstić information content (AvgIpc) is 2.97. The number of likely N-dealkylation sites (N-methyl/N-ethyl adjacent to an activating group) is 1. The predicted molar refractivity (Wildman–Crippen MR) is 64.2 cm³/mol. The summed E-state index contributed by atoms with van der Waals surface area (Å²) < 4.78 is 0. The molecule has 0 aromatic carbocycles. The summed E-state index contributed by atoms with van der Waals surface area (Å²) in [5.41, 5.74) is 0. The fourth-order valence-corrected chi connectivity index (χ4v) is 3.02. The highest BCUT2D eigenvalue weighted by atomic mass is 15.3. The summed E-state index contributed by atoms with van der Waals surface area (Å²) in [7, 11) is 4.31. The van der Waals surface area contributed by atoms with Crippen LogP contribution in [0.4, 0.5) is 0 Å². The second-order valence-corrected chi connectivity index (χ2v) is 5.29. The highest BCUT2D eigenvalue weighted by molar-refractivity contribution is 4.96. The molecule has 2 unspecified atom stereocenters. The minimum atomic E-state index is 0.748. The largest absolute Gasteiger partial charge is 0.320 e. The van der Waals surface area contributed by atoms with E-state index in [1.54, 1.807) is 0 Å². The lowest BCUT2D eigenvalue weighted by atomic mass is 10.0. The minimum Gasteiger partial charge on any atom is -0.320 e. The van der Waals surface area contributed by atoms with Crippen LogP contribution >= 0.6 is 0 Å². The van der Waals surface area contributed by atoms with Crippen LogP contribution in [-0.2, 0) is 0 Å². The van der Waals surface area contributed by atoms with Gasteiger partial charge >= 0.3 is 0 Å². The molecule has 0 spiro atoms. The van der Waals surface area contributed by atoms with Crippen molar-refractivity contribution >= 4 is 0 Å². The predicted octanol–water partition coefficient (Wildman–Crippen LogP) is 0.763. The van der Waals surface area contributed by atoms with Gasteiger partial charge in [0.05, 0.1) is 0 Å². The molecule has 3 nitrogen and oxygen atoms in total. The van der Waals surface area contributed by atoms with Gasteiger partial charge in [-0.1, -0.05) is 0 Å². The van der Waals surface area contributed by atoms with Gasteiger partial charge in [-0.25, -0.2) is 0 Å². The summed E-state index contributed by atoms with van der Waals surface area (Å²) in [4.78, 5) is 5.28. The first-order chi connectivity index (χ1) is 7.22. The van der Waals surface area contributed by atoms with Crippen LogP contribution in [0.2, 0.25) is 0 Å². The van der Waals surface area contributed by atoms with E-state index in [9.17, 15) is 0 Å². The Morgan fingerprint density at radius 2 is 2.00 bits per heavy atom. The number of piperazine rings is 1. The van der Waals surface area contributed by atoms with Gasteiger partial charge in [-0.3, -0.25) is 4.90 Å². The Hall–Kier alpha value is -0.120. The molecule has 0 bridgehead atoms. The Bertz CT molecular complexity index is 203. The highest BCUT2D eigenvalue weighted by Gasteiger charge is 2.39. The van der Waals surface area contributed by atoms with Crippen LogP contribution in [-0.4, -0.2) is 61.7 Å². The van der Waals surface area contributed by atoms with Crippen LogP contribution < -0.4 is 5.32 Å². The van der Waals surface area contributed by atoms with Gasteiger partial charge in [0, 0.05) is 31.2 Å². The van der Waals surface area contributed by atoms with Gasteiger partial charge < -0.3 is 10.2 Å². The second kappa shape index (κ2) is 4.81. The number of nitrogens with zero attached hydrogens (tertiary/aromatic N) is 2. The number of hydrogen-bond acceptors (Lipinski definition) is 3. The van der Waals surface area contributed by atoms with Crippen LogP contribution in [0.5, 0.6) is 0 Å². The first-order valence-corrected chi connectivity index (χ1v) is 6.33. The van der Waals surface area contributed by atoms with Gasteiger partial charge in [-0.05, 0) is 46.8 Å². The maximum Gasteiger partial charge on any atom is 0.0241 e. The Morgan fingerprint density at radius 1 is 1.27 bits per heavy atom. The third kappa shape index (κ3) is 2.71. The van der Waals surface area contributed by atoms with Gasteiger partial charge in [0.1, 0.15) is 0 Å². The molecular weight excluding hydrogens is 186 g/mol. The molecule has 2 aliphatic rings. The Balaban J connectivity index is 1.95. The first kappa shape index (κ1) is 11.4. The SMILES string of the molecule is CNCCC1CN(C)CC(C)N1C1CC1. The van der Waals surface area contributed by atoms with E-state index in [1.807, 2.05) is 0 Å². The third-order valence-corrected chi connectivity index (χ3v) is 3.72. The smallest absolute Gasteiger partial charge is 0.0241 e.